The number of aliphatic hydroxyl groups is 1. The summed E-state index contributed by atoms with van der Waals surface area (Å²) in [6.45, 7) is 0. The fourth-order valence-electron chi connectivity index (χ4n) is 1.43. The molecule has 1 N–H and O–H groups in total. The summed E-state index contributed by atoms with van der Waals surface area (Å²) in [6.07, 6.45) is 0.278. The van der Waals surface area contributed by atoms with Gasteiger partial charge in [0.2, 0.25) is 0 Å². The third-order valence-corrected chi connectivity index (χ3v) is 2.11. The van der Waals surface area contributed by atoms with Crippen molar-refractivity contribution in [3.05, 3.63) is 0 Å². The molecule has 0 atom stereocenters. The maximum atomic E-state index is 11.3. The van der Waals surface area contributed by atoms with Gasteiger partial charge in [-0.25, -0.2) is 9.63 Å². The normalized spacial score (nSPS) is 17.4. The van der Waals surface area contributed by atoms with Crippen LogP contribution in [0.25, 0.3) is 0 Å². The standard InChI is InChI=1S/C9H17N3O3/c1-10(2)9(11(3)4)15-12-7(13)5-6-8(12)14/h9H,5-6H2,1-4H3/p+1. The summed E-state index contributed by atoms with van der Waals surface area (Å²) in [5, 5.41) is 9.43. The van der Waals surface area contributed by atoms with Gasteiger partial charge in [0, 0.05) is 0 Å². The number of amides is 1. The number of nitrogens with zero attached hydrogens (tertiary/aromatic N) is 3. The van der Waals surface area contributed by atoms with E-state index in [4.69, 9.17) is 4.84 Å². The molecule has 0 saturated heterocycles. The van der Waals surface area contributed by atoms with E-state index in [0.717, 1.165) is 4.74 Å². The summed E-state index contributed by atoms with van der Waals surface area (Å²) in [6, 6.07) is 0. The molecule has 1 rings (SSSR count). The summed E-state index contributed by atoms with van der Waals surface area (Å²) in [5.74, 6) is -0.227. The second-order valence-corrected chi connectivity index (χ2v) is 3.96. The van der Waals surface area contributed by atoms with Crippen molar-refractivity contribution in [3.8, 4) is 0 Å². The highest BCUT2D eigenvalue weighted by molar-refractivity contribution is 5.85. The fraction of sp³-hybridized carbons (Fsp3) is 0.778. The summed E-state index contributed by atoms with van der Waals surface area (Å²) < 4.78 is 0.977. The van der Waals surface area contributed by atoms with Gasteiger partial charge in [-0.05, 0) is 28.2 Å². The Morgan fingerprint density at radius 2 is 1.80 bits per heavy atom. The molecular weight excluding hydrogens is 198 g/mol. The molecule has 1 aliphatic rings. The molecule has 0 bridgehead atoms. The Labute approximate surface area is 89.3 Å². The van der Waals surface area contributed by atoms with Crippen LogP contribution in [0, 0.1) is 0 Å². The summed E-state index contributed by atoms with van der Waals surface area (Å²) in [4.78, 5) is 20.4. The molecule has 0 fully saturated rings. The van der Waals surface area contributed by atoms with E-state index in [1.807, 2.05) is 28.2 Å². The lowest BCUT2D eigenvalue weighted by atomic mass is 10.4. The molecular formula is C9H18N3O3+. The van der Waals surface area contributed by atoms with Crippen LogP contribution in [-0.4, -0.2) is 66.0 Å². The number of aliphatic hydroxyl groups excluding tert-OH is 1. The van der Waals surface area contributed by atoms with Crippen LogP contribution in [0.1, 0.15) is 12.8 Å². The Kier molecular flexibility index (Phi) is 3.65. The Morgan fingerprint density at radius 1 is 1.27 bits per heavy atom. The highest BCUT2D eigenvalue weighted by Crippen LogP contribution is 2.09. The van der Waals surface area contributed by atoms with Crippen LogP contribution in [-0.2, 0) is 9.63 Å². The van der Waals surface area contributed by atoms with Crippen molar-refractivity contribution in [1.29, 1.82) is 0 Å². The number of hydrogen-bond donors (Lipinski definition) is 1. The highest BCUT2D eigenvalue weighted by Gasteiger charge is 2.38. The Morgan fingerprint density at radius 3 is 2.13 bits per heavy atom. The van der Waals surface area contributed by atoms with Crippen LogP contribution in [0.15, 0.2) is 0 Å². The third-order valence-electron chi connectivity index (χ3n) is 2.11. The first-order valence-corrected chi connectivity index (χ1v) is 4.81. The summed E-state index contributed by atoms with van der Waals surface area (Å²) in [7, 11) is 7.34. The first-order chi connectivity index (χ1) is 6.93. The SMILES string of the molecule is CN(C)C(O[N+]1=C(O)CCC1=O)N(C)C. The monoisotopic (exact) mass is 216 g/mol. The predicted octanol–water partition coefficient (Wildman–Crippen LogP) is -0.386. The minimum Gasteiger partial charge on any atom is -0.460 e. The van der Waals surface area contributed by atoms with E-state index >= 15 is 0 Å². The van der Waals surface area contributed by atoms with Gasteiger partial charge in [-0.3, -0.25) is 9.80 Å². The zero-order chi connectivity index (χ0) is 11.6. The quantitative estimate of drug-likeness (QED) is 0.512. The van der Waals surface area contributed by atoms with E-state index < -0.39 is 0 Å². The van der Waals surface area contributed by atoms with E-state index in [1.165, 1.54) is 0 Å². The molecule has 0 unspecified atom stereocenters. The molecule has 0 spiro atoms. The van der Waals surface area contributed by atoms with Crippen LogP contribution >= 0.6 is 0 Å². The van der Waals surface area contributed by atoms with E-state index in [-0.39, 0.29) is 18.2 Å². The molecule has 0 aliphatic carbocycles. The smallest absolute Gasteiger partial charge is 0.438 e. The number of rotatable bonds is 4. The first kappa shape index (κ1) is 11.9. The minimum absolute atomic E-state index is 0.0197. The van der Waals surface area contributed by atoms with E-state index in [2.05, 4.69) is 0 Å². The van der Waals surface area contributed by atoms with Crippen molar-refractivity contribution in [1.82, 2.24) is 9.80 Å². The molecule has 6 heteroatoms. The van der Waals surface area contributed by atoms with Crippen molar-refractivity contribution in [3.63, 3.8) is 0 Å². The molecule has 0 aromatic rings. The van der Waals surface area contributed by atoms with Gasteiger partial charge in [0.15, 0.2) is 0 Å². The average Bonchev–Trinajstić information content (AvgIpc) is 2.42. The summed E-state index contributed by atoms with van der Waals surface area (Å²) >= 11 is 0. The molecule has 0 aromatic carbocycles. The van der Waals surface area contributed by atoms with Gasteiger partial charge in [0.05, 0.1) is 17.6 Å². The second kappa shape index (κ2) is 4.59. The Balaban J connectivity index is 2.74. The van der Waals surface area contributed by atoms with Gasteiger partial charge >= 0.3 is 11.8 Å². The van der Waals surface area contributed by atoms with Crippen LogP contribution in [0.4, 0.5) is 0 Å². The predicted molar refractivity (Wildman–Crippen MR) is 54.4 cm³/mol. The number of carbonyl (C=O) groups excluding carboxylic acids is 1. The third kappa shape index (κ3) is 2.66. The molecule has 86 valence electrons. The van der Waals surface area contributed by atoms with Gasteiger partial charge in [0.1, 0.15) is 0 Å². The minimum atomic E-state index is -0.380. The molecule has 1 amide bonds. The van der Waals surface area contributed by atoms with Crippen molar-refractivity contribution in [2.45, 2.75) is 19.2 Å². The van der Waals surface area contributed by atoms with Crippen LogP contribution in [0.5, 0.6) is 0 Å². The number of hydrogen-bond acceptors (Lipinski definition) is 4. The molecule has 1 aliphatic heterocycles. The second-order valence-electron chi connectivity index (χ2n) is 3.96. The van der Waals surface area contributed by atoms with Gasteiger partial charge in [0.25, 0.3) is 6.35 Å². The lowest BCUT2D eigenvalue weighted by Crippen LogP contribution is -2.46. The van der Waals surface area contributed by atoms with Crippen LogP contribution < -0.4 is 0 Å². The van der Waals surface area contributed by atoms with E-state index in [9.17, 15) is 9.90 Å². The molecule has 1 heterocycles. The van der Waals surface area contributed by atoms with Gasteiger partial charge < -0.3 is 5.11 Å². The van der Waals surface area contributed by atoms with Gasteiger partial charge in [-0.15, -0.1) is 0 Å². The van der Waals surface area contributed by atoms with Crippen LogP contribution in [0.2, 0.25) is 0 Å². The van der Waals surface area contributed by atoms with Crippen molar-refractivity contribution in [2.75, 3.05) is 28.2 Å². The lowest BCUT2D eigenvalue weighted by Gasteiger charge is -2.25. The summed E-state index contributed by atoms with van der Waals surface area (Å²) in [5.41, 5.74) is 0. The maximum absolute atomic E-state index is 11.3. The lowest BCUT2D eigenvalue weighted by molar-refractivity contribution is -0.747. The molecule has 0 saturated carbocycles. The zero-order valence-electron chi connectivity index (χ0n) is 9.60. The first-order valence-electron chi connectivity index (χ1n) is 4.81. The average molecular weight is 216 g/mol. The van der Waals surface area contributed by atoms with Crippen molar-refractivity contribution < 1.29 is 19.5 Å². The van der Waals surface area contributed by atoms with Crippen molar-refractivity contribution >= 4 is 11.8 Å². The maximum Gasteiger partial charge on any atom is 0.438 e. The number of hydroxylamine groups is 1. The Hall–Kier alpha value is -1.14. The van der Waals surface area contributed by atoms with E-state index in [0.29, 0.717) is 12.8 Å². The molecule has 0 aromatic heterocycles. The van der Waals surface area contributed by atoms with Crippen LogP contribution in [0.3, 0.4) is 0 Å². The molecule has 0 radical (unpaired) electrons. The van der Waals surface area contributed by atoms with Gasteiger partial charge in [-0.2, -0.15) is 0 Å². The number of carbonyl (C=O) groups is 1. The molecule has 15 heavy (non-hydrogen) atoms. The van der Waals surface area contributed by atoms with Crippen molar-refractivity contribution in [2.24, 2.45) is 0 Å². The van der Waals surface area contributed by atoms with E-state index in [1.54, 1.807) is 9.80 Å². The highest BCUT2D eigenvalue weighted by atomic mass is 16.7. The fourth-order valence-corrected chi connectivity index (χ4v) is 1.43. The largest absolute Gasteiger partial charge is 0.460 e. The Bertz CT molecular complexity index is 278. The zero-order valence-corrected chi connectivity index (χ0v) is 9.60. The van der Waals surface area contributed by atoms with Gasteiger partial charge in [-0.1, -0.05) is 0 Å². The molecule has 6 nitrogen and oxygen atoms in total. The topological polar surface area (TPSA) is 56.0 Å².